The number of aromatic nitrogens is 2. The van der Waals surface area contributed by atoms with Crippen LogP contribution in [0.2, 0.25) is 0 Å². The molecule has 1 fully saturated rings. The molecule has 0 aliphatic carbocycles. The van der Waals surface area contributed by atoms with Crippen LogP contribution in [0.5, 0.6) is 5.88 Å². The summed E-state index contributed by atoms with van der Waals surface area (Å²) in [6, 6.07) is -0.382. The molecule has 1 saturated heterocycles. The quantitative estimate of drug-likeness (QED) is 0.849. The van der Waals surface area contributed by atoms with Crippen molar-refractivity contribution in [1.29, 1.82) is 0 Å². The maximum absolute atomic E-state index is 12.3. The van der Waals surface area contributed by atoms with Gasteiger partial charge in [0.2, 0.25) is 11.8 Å². The van der Waals surface area contributed by atoms with Crippen LogP contribution >= 0.6 is 0 Å². The molecular formula is C14H23N5O2. The Balaban J connectivity index is 2.06. The molecule has 7 nitrogen and oxygen atoms in total. The smallest absolute Gasteiger partial charge is 0.244 e. The molecule has 2 rings (SSSR count). The number of nitrogens with two attached hydrogens (primary N) is 1. The zero-order valence-electron chi connectivity index (χ0n) is 12.8. The summed E-state index contributed by atoms with van der Waals surface area (Å²) in [6.45, 7) is 7.26. The topological polar surface area (TPSA) is 93.4 Å². The zero-order valence-corrected chi connectivity index (χ0v) is 12.8. The molecule has 21 heavy (non-hydrogen) atoms. The fraction of sp³-hybridized carbons (Fsp3) is 0.643. The van der Waals surface area contributed by atoms with Crippen LogP contribution < -0.4 is 15.8 Å². The zero-order chi connectivity index (χ0) is 15.4. The van der Waals surface area contributed by atoms with Gasteiger partial charge in [0.05, 0.1) is 6.10 Å². The van der Waals surface area contributed by atoms with Crippen LogP contribution in [0, 0.1) is 0 Å². The van der Waals surface area contributed by atoms with Crippen molar-refractivity contribution in [3.05, 3.63) is 6.33 Å². The number of hydrogen-bond acceptors (Lipinski definition) is 6. The van der Waals surface area contributed by atoms with Gasteiger partial charge in [0.15, 0.2) is 5.82 Å². The summed E-state index contributed by atoms with van der Waals surface area (Å²) in [5.74, 6) is 0.834. The highest BCUT2D eigenvalue weighted by Crippen LogP contribution is 2.26. The first kappa shape index (κ1) is 15.3. The summed E-state index contributed by atoms with van der Waals surface area (Å²) in [4.78, 5) is 22.2. The third-order valence-corrected chi connectivity index (χ3v) is 3.34. The normalized spacial score (nSPS) is 16.1. The maximum Gasteiger partial charge on any atom is 0.244 e. The van der Waals surface area contributed by atoms with Crippen molar-refractivity contribution in [2.24, 2.45) is 0 Å². The van der Waals surface area contributed by atoms with E-state index in [0.717, 1.165) is 25.9 Å². The van der Waals surface area contributed by atoms with Crippen molar-refractivity contribution < 1.29 is 9.53 Å². The molecule has 2 heterocycles. The second kappa shape index (κ2) is 6.60. The Morgan fingerprint density at radius 2 is 2.00 bits per heavy atom. The molecule has 3 N–H and O–H groups in total. The van der Waals surface area contributed by atoms with E-state index in [9.17, 15) is 4.79 Å². The summed E-state index contributed by atoms with van der Waals surface area (Å²) >= 11 is 0. The molecule has 1 amide bonds. The highest BCUT2D eigenvalue weighted by atomic mass is 16.5. The number of carbonyl (C=O) groups is 1. The van der Waals surface area contributed by atoms with Crippen LogP contribution in [0.4, 0.5) is 11.5 Å². The Bertz CT molecular complexity index is 500. The van der Waals surface area contributed by atoms with Gasteiger partial charge in [-0.05, 0) is 33.6 Å². The number of nitrogen functional groups attached to an aromatic ring is 1. The fourth-order valence-corrected chi connectivity index (χ4v) is 2.29. The highest BCUT2D eigenvalue weighted by Gasteiger charge is 2.24. The highest BCUT2D eigenvalue weighted by molar-refractivity contribution is 5.85. The summed E-state index contributed by atoms with van der Waals surface area (Å²) in [6.07, 6.45) is 3.49. The van der Waals surface area contributed by atoms with E-state index in [4.69, 9.17) is 10.5 Å². The van der Waals surface area contributed by atoms with Gasteiger partial charge in [-0.2, -0.15) is 4.98 Å². The lowest BCUT2D eigenvalue weighted by Gasteiger charge is -2.22. The number of likely N-dealkylation sites (tertiary alicyclic amines) is 1. The molecule has 1 aliphatic heterocycles. The van der Waals surface area contributed by atoms with Crippen molar-refractivity contribution in [2.45, 2.75) is 45.8 Å². The number of rotatable bonds is 5. The Labute approximate surface area is 124 Å². The van der Waals surface area contributed by atoms with E-state index in [0.29, 0.717) is 17.4 Å². The van der Waals surface area contributed by atoms with Crippen molar-refractivity contribution in [1.82, 2.24) is 14.9 Å². The number of carbonyl (C=O) groups excluding carboxylic acids is 1. The minimum absolute atomic E-state index is 0.0290. The van der Waals surface area contributed by atoms with E-state index in [2.05, 4.69) is 15.3 Å². The second-order valence-electron chi connectivity index (χ2n) is 5.51. The van der Waals surface area contributed by atoms with Crippen molar-refractivity contribution in [3.8, 4) is 5.88 Å². The van der Waals surface area contributed by atoms with Gasteiger partial charge < -0.3 is 20.7 Å². The molecule has 7 heteroatoms. The Morgan fingerprint density at radius 3 is 2.62 bits per heavy atom. The first-order valence-electron chi connectivity index (χ1n) is 7.31. The predicted octanol–water partition coefficient (Wildman–Crippen LogP) is 1.27. The Hall–Kier alpha value is -2.05. The Morgan fingerprint density at radius 1 is 1.33 bits per heavy atom. The first-order chi connectivity index (χ1) is 9.99. The molecular weight excluding hydrogens is 270 g/mol. The van der Waals surface area contributed by atoms with Gasteiger partial charge in [-0.3, -0.25) is 4.79 Å². The SMILES string of the molecule is CC(C)Oc1ncnc(NC(C)C(=O)N2CCCC2)c1N. The molecule has 1 aromatic heterocycles. The van der Waals surface area contributed by atoms with Gasteiger partial charge in [0.25, 0.3) is 0 Å². The number of nitrogens with one attached hydrogen (secondary N) is 1. The largest absolute Gasteiger partial charge is 0.473 e. The Kier molecular flexibility index (Phi) is 4.82. The predicted molar refractivity (Wildman–Crippen MR) is 81.1 cm³/mol. The fourth-order valence-electron chi connectivity index (χ4n) is 2.29. The van der Waals surface area contributed by atoms with Crippen LogP contribution in [0.15, 0.2) is 6.33 Å². The van der Waals surface area contributed by atoms with Crippen LogP contribution in [-0.2, 0) is 4.79 Å². The number of ether oxygens (including phenoxy) is 1. The molecule has 0 spiro atoms. The summed E-state index contributed by atoms with van der Waals surface area (Å²) in [5, 5.41) is 3.05. The van der Waals surface area contributed by atoms with Crippen molar-refractivity contribution >= 4 is 17.4 Å². The lowest BCUT2D eigenvalue weighted by Crippen LogP contribution is -2.40. The minimum atomic E-state index is -0.382. The van der Waals surface area contributed by atoms with Crippen molar-refractivity contribution in [2.75, 3.05) is 24.1 Å². The van der Waals surface area contributed by atoms with Crippen LogP contribution in [0.3, 0.4) is 0 Å². The number of anilines is 2. The summed E-state index contributed by atoms with van der Waals surface area (Å²) < 4.78 is 5.52. The average Bonchev–Trinajstić information content (AvgIpc) is 2.96. The molecule has 1 unspecified atom stereocenters. The third-order valence-electron chi connectivity index (χ3n) is 3.34. The molecule has 1 aromatic rings. The van der Waals surface area contributed by atoms with E-state index in [1.807, 2.05) is 25.7 Å². The summed E-state index contributed by atoms with van der Waals surface area (Å²) in [7, 11) is 0. The van der Waals surface area contributed by atoms with E-state index >= 15 is 0 Å². The first-order valence-corrected chi connectivity index (χ1v) is 7.31. The molecule has 0 aromatic carbocycles. The van der Waals surface area contributed by atoms with Crippen LogP contribution in [-0.4, -0.2) is 46.0 Å². The molecule has 1 atom stereocenters. The maximum atomic E-state index is 12.3. The van der Waals surface area contributed by atoms with Crippen molar-refractivity contribution in [3.63, 3.8) is 0 Å². The van der Waals surface area contributed by atoms with Gasteiger partial charge in [0.1, 0.15) is 18.1 Å². The minimum Gasteiger partial charge on any atom is -0.473 e. The molecule has 0 radical (unpaired) electrons. The van der Waals surface area contributed by atoms with Gasteiger partial charge in [0, 0.05) is 13.1 Å². The van der Waals surface area contributed by atoms with Crippen LogP contribution in [0.1, 0.15) is 33.6 Å². The molecule has 0 bridgehead atoms. The standard InChI is InChI=1S/C14H23N5O2/c1-9(2)21-13-11(15)12(16-8-17-13)18-10(3)14(20)19-6-4-5-7-19/h8-10H,4-7,15H2,1-3H3,(H,16,17,18). The average molecular weight is 293 g/mol. The summed E-state index contributed by atoms with van der Waals surface area (Å²) in [5.41, 5.74) is 6.32. The van der Waals surface area contributed by atoms with Gasteiger partial charge in [-0.15, -0.1) is 0 Å². The van der Waals surface area contributed by atoms with E-state index < -0.39 is 0 Å². The van der Waals surface area contributed by atoms with Gasteiger partial charge in [-0.1, -0.05) is 0 Å². The van der Waals surface area contributed by atoms with E-state index in [-0.39, 0.29) is 18.1 Å². The van der Waals surface area contributed by atoms with Crippen LogP contribution in [0.25, 0.3) is 0 Å². The van der Waals surface area contributed by atoms with Gasteiger partial charge >= 0.3 is 0 Å². The second-order valence-corrected chi connectivity index (χ2v) is 5.51. The lowest BCUT2D eigenvalue weighted by atomic mass is 10.3. The monoisotopic (exact) mass is 293 g/mol. The van der Waals surface area contributed by atoms with E-state index in [1.165, 1.54) is 6.33 Å². The number of hydrogen-bond donors (Lipinski definition) is 2. The number of nitrogens with zero attached hydrogens (tertiary/aromatic N) is 3. The molecule has 1 aliphatic rings. The lowest BCUT2D eigenvalue weighted by molar-refractivity contribution is -0.130. The van der Waals surface area contributed by atoms with Gasteiger partial charge in [-0.25, -0.2) is 4.98 Å². The number of amides is 1. The third kappa shape index (κ3) is 3.74. The van der Waals surface area contributed by atoms with E-state index in [1.54, 1.807) is 0 Å². The molecule has 116 valence electrons. The molecule has 0 saturated carbocycles.